The van der Waals surface area contributed by atoms with E-state index in [1.54, 1.807) is 0 Å². The van der Waals surface area contributed by atoms with Crippen LogP contribution in [0.15, 0.2) is 24.3 Å². The van der Waals surface area contributed by atoms with E-state index in [1.807, 2.05) is 24.3 Å². The van der Waals surface area contributed by atoms with Crippen LogP contribution in [0.1, 0.15) is 50.8 Å². The van der Waals surface area contributed by atoms with Gasteiger partial charge in [0.15, 0.2) is 0 Å². The average molecular weight is 330 g/mol. The molecule has 1 aliphatic rings. The first-order valence-electron chi connectivity index (χ1n) is 8.39. The van der Waals surface area contributed by atoms with Crippen molar-refractivity contribution < 1.29 is 14.3 Å². The number of nitrogens with zero attached hydrogens (tertiary/aromatic N) is 1. The van der Waals surface area contributed by atoms with Crippen LogP contribution in [0.4, 0.5) is 0 Å². The first-order valence-corrected chi connectivity index (χ1v) is 8.39. The van der Waals surface area contributed by atoms with Gasteiger partial charge in [0.2, 0.25) is 5.91 Å². The van der Waals surface area contributed by atoms with Crippen LogP contribution in [-0.2, 0) is 19.7 Å². The van der Waals surface area contributed by atoms with Gasteiger partial charge in [0.1, 0.15) is 12.6 Å². The molecule has 0 aromatic heterocycles. The second-order valence-electron chi connectivity index (χ2n) is 7.15. The molecule has 1 N–H and O–H groups in total. The third kappa shape index (κ3) is 5.33. The van der Waals surface area contributed by atoms with Crippen LogP contribution in [-0.4, -0.2) is 31.8 Å². The van der Waals surface area contributed by atoms with Gasteiger partial charge in [-0.3, -0.25) is 4.79 Å². The molecule has 2 atom stereocenters. The van der Waals surface area contributed by atoms with Crippen LogP contribution in [0, 0.1) is 11.3 Å². The second-order valence-corrected chi connectivity index (χ2v) is 7.15. The van der Waals surface area contributed by atoms with E-state index in [4.69, 9.17) is 9.47 Å². The topological polar surface area (TPSA) is 71.4 Å². The van der Waals surface area contributed by atoms with Gasteiger partial charge in [0.05, 0.1) is 18.8 Å². The van der Waals surface area contributed by atoms with Crippen molar-refractivity contribution in [3.8, 4) is 6.07 Å². The van der Waals surface area contributed by atoms with Gasteiger partial charge >= 0.3 is 0 Å². The minimum atomic E-state index is -0.669. The van der Waals surface area contributed by atoms with Gasteiger partial charge < -0.3 is 14.8 Å². The van der Waals surface area contributed by atoms with E-state index in [2.05, 4.69) is 32.2 Å². The van der Waals surface area contributed by atoms with Crippen molar-refractivity contribution in [2.75, 3.05) is 19.8 Å². The highest BCUT2D eigenvalue weighted by molar-refractivity contribution is 5.78. The highest BCUT2D eigenvalue weighted by Gasteiger charge is 2.19. The zero-order valence-electron chi connectivity index (χ0n) is 14.7. The van der Waals surface area contributed by atoms with Crippen molar-refractivity contribution in [1.29, 1.82) is 5.26 Å². The van der Waals surface area contributed by atoms with Gasteiger partial charge in [0, 0.05) is 6.61 Å². The highest BCUT2D eigenvalue weighted by Crippen LogP contribution is 2.23. The van der Waals surface area contributed by atoms with Gasteiger partial charge in [-0.15, -0.1) is 0 Å². The molecule has 0 spiro atoms. The molecule has 1 fully saturated rings. The van der Waals surface area contributed by atoms with Crippen LogP contribution in [0.2, 0.25) is 0 Å². The number of ether oxygens (including phenoxy) is 2. The van der Waals surface area contributed by atoms with E-state index < -0.39 is 6.04 Å². The third-order valence-corrected chi connectivity index (χ3v) is 4.11. The molecule has 2 rings (SSSR count). The number of benzene rings is 1. The molecule has 5 heteroatoms. The minimum Gasteiger partial charge on any atom is -0.376 e. The van der Waals surface area contributed by atoms with Gasteiger partial charge in [0.25, 0.3) is 0 Å². The summed E-state index contributed by atoms with van der Waals surface area (Å²) >= 11 is 0. The van der Waals surface area contributed by atoms with Crippen molar-refractivity contribution in [3.63, 3.8) is 0 Å². The number of carbonyl (C=O) groups is 1. The summed E-state index contributed by atoms with van der Waals surface area (Å²) in [5, 5.41) is 12.0. The summed E-state index contributed by atoms with van der Waals surface area (Å²) in [4.78, 5) is 12.0. The Kier molecular flexibility index (Phi) is 6.36. The summed E-state index contributed by atoms with van der Waals surface area (Å²) in [5.41, 5.74) is 2.02. The Morgan fingerprint density at radius 3 is 2.67 bits per heavy atom. The van der Waals surface area contributed by atoms with Crippen LogP contribution >= 0.6 is 0 Å². The van der Waals surface area contributed by atoms with Crippen LogP contribution < -0.4 is 5.32 Å². The Hall–Kier alpha value is -1.90. The van der Waals surface area contributed by atoms with Gasteiger partial charge in [-0.05, 0) is 29.4 Å². The molecule has 1 heterocycles. The lowest BCUT2D eigenvalue weighted by molar-refractivity contribution is -0.127. The molecular formula is C19H26N2O3. The van der Waals surface area contributed by atoms with Crippen LogP contribution in [0.25, 0.3) is 0 Å². The van der Waals surface area contributed by atoms with E-state index in [9.17, 15) is 10.1 Å². The molecule has 24 heavy (non-hydrogen) atoms. The number of hydrogen-bond donors (Lipinski definition) is 1. The maximum absolute atomic E-state index is 12.0. The van der Waals surface area contributed by atoms with Crippen LogP contribution in [0.3, 0.4) is 0 Å². The number of amides is 1. The van der Waals surface area contributed by atoms with E-state index in [0.717, 1.165) is 25.0 Å². The predicted molar refractivity (Wildman–Crippen MR) is 91.4 cm³/mol. The van der Waals surface area contributed by atoms with Crippen molar-refractivity contribution in [2.45, 2.75) is 51.2 Å². The summed E-state index contributed by atoms with van der Waals surface area (Å²) in [5.74, 6) is -0.292. The summed E-state index contributed by atoms with van der Waals surface area (Å²) < 4.78 is 10.8. The Morgan fingerprint density at radius 1 is 1.42 bits per heavy atom. The van der Waals surface area contributed by atoms with Gasteiger partial charge in [-0.2, -0.15) is 5.26 Å². The maximum Gasteiger partial charge on any atom is 0.247 e. The lowest BCUT2D eigenvalue weighted by Crippen LogP contribution is -2.32. The molecule has 0 unspecified atom stereocenters. The van der Waals surface area contributed by atoms with E-state index >= 15 is 0 Å². The van der Waals surface area contributed by atoms with E-state index in [-0.39, 0.29) is 24.0 Å². The van der Waals surface area contributed by atoms with Crippen LogP contribution in [0.5, 0.6) is 0 Å². The SMILES string of the molecule is CC(C)(C)c1ccc([C@H](C#N)NC(=O)COC[C@@H]2CCCO2)cc1. The summed E-state index contributed by atoms with van der Waals surface area (Å²) in [6, 6.07) is 9.24. The Bertz CT molecular complexity index is 578. The Balaban J connectivity index is 1.84. The van der Waals surface area contributed by atoms with Crippen molar-refractivity contribution in [2.24, 2.45) is 0 Å². The van der Waals surface area contributed by atoms with Crippen molar-refractivity contribution in [1.82, 2.24) is 5.32 Å². The third-order valence-electron chi connectivity index (χ3n) is 4.11. The van der Waals surface area contributed by atoms with Crippen molar-refractivity contribution in [3.05, 3.63) is 35.4 Å². The fraction of sp³-hybridized carbons (Fsp3) is 0.579. The first kappa shape index (κ1) is 18.4. The summed E-state index contributed by atoms with van der Waals surface area (Å²) in [7, 11) is 0. The molecular weight excluding hydrogens is 304 g/mol. The highest BCUT2D eigenvalue weighted by atomic mass is 16.5. The molecule has 1 aromatic rings. The molecule has 0 saturated carbocycles. The summed E-state index contributed by atoms with van der Waals surface area (Å²) in [6.07, 6.45) is 2.11. The molecule has 1 amide bonds. The largest absolute Gasteiger partial charge is 0.376 e. The standard InChI is InChI=1S/C19H26N2O3/c1-19(2,3)15-8-6-14(7-9-15)17(11-20)21-18(22)13-23-12-16-5-4-10-24-16/h6-9,16-17H,4-5,10,12-13H2,1-3H3,(H,21,22)/t16-,17-/m0/s1. The number of nitrogens with one attached hydrogen (secondary N) is 1. The fourth-order valence-electron chi connectivity index (χ4n) is 2.63. The molecule has 1 aliphatic heterocycles. The Labute approximate surface area is 144 Å². The Morgan fingerprint density at radius 2 is 2.12 bits per heavy atom. The molecule has 0 aliphatic carbocycles. The number of nitriles is 1. The number of hydrogen-bond acceptors (Lipinski definition) is 4. The molecule has 130 valence electrons. The van der Waals surface area contributed by atoms with Gasteiger partial charge in [-0.1, -0.05) is 45.0 Å². The maximum atomic E-state index is 12.0. The molecule has 0 radical (unpaired) electrons. The number of carbonyl (C=O) groups excluding carboxylic acids is 1. The first-order chi connectivity index (χ1) is 11.4. The predicted octanol–water partition coefficient (Wildman–Crippen LogP) is 2.86. The smallest absolute Gasteiger partial charge is 0.247 e. The zero-order chi connectivity index (χ0) is 17.6. The molecule has 0 bridgehead atoms. The quantitative estimate of drug-likeness (QED) is 0.870. The fourth-order valence-corrected chi connectivity index (χ4v) is 2.63. The number of rotatable bonds is 6. The molecule has 1 aromatic carbocycles. The zero-order valence-corrected chi connectivity index (χ0v) is 14.7. The van der Waals surface area contributed by atoms with E-state index in [1.165, 1.54) is 5.56 Å². The molecule has 1 saturated heterocycles. The lowest BCUT2D eigenvalue weighted by atomic mass is 9.86. The summed E-state index contributed by atoms with van der Waals surface area (Å²) in [6.45, 7) is 7.54. The van der Waals surface area contributed by atoms with E-state index in [0.29, 0.717) is 6.61 Å². The average Bonchev–Trinajstić information content (AvgIpc) is 3.05. The van der Waals surface area contributed by atoms with Gasteiger partial charge in [-0.25, -0.2) is 0 Å². The lowest BCUT2D eigenvalue weighted by Gasteiger charge is -2.20. The second kappa shape index (κ2) is 8.27. The molecule has 5 nitrogen and oxygen atoms in total. The normalized spacial score (nSPS) is 18.8. The van der Waals surface area contributed by atoms with Crippen molar-refractivity contribution >= 4 is 5.91 Å². The minimum absolute atomic E-state index is 0.0556. The monoisotopic (exact) mass is 330 g/mol.